The number of carboxylic acid groups (broad SMARTS) is 1. The van der Waals surface area contributed by atoms with Crippen LogP contribution < -0.4 is 4.90 Å². The summed E-state index contributed by atoms with van der Waals surface area (Å²) >= 11 is 3.34. The number of para-hydroxylation sites is 1. The van der Waals surface area contributed by atoms with E-state index in [-0.39, 0.29) is 5.82 Å². The van der Waals surface area contributed by atoms with E-state index in [4.69, 9.17) is 0 Å². The van der Waals surface area contributed by atoms with Gasteiger partial charge in [-0.1, -0.05) is 40.2 Å². The summed E-state index contributed by atoms with van der Waals surface area (Å²) in [5.41, 5.74) is 2.82. The lowest BCUT2D eigenvalue weighted by Crippen LogP contribution is -2.38. The molecule has 1 unspecified atom stereocenters. The highest BCUT2D eigenvalue weighted by molar-refractivity contribution is 9.10. The number of carboxylic acids is 1. The van der Waals surface area contributed by atoms with Crippen molar-refractivity contribution in [2.24, 2.45) is 0 Å². The predicted molar refractivity (Wildman–Crippen MR) is 81.9 cm³/mol. The van der Waals surface area contributed by atoms with E-state index < -0.39 is 12.0 Å². The van der Waals surface area contributed by atoms with Crippen molar-refractivity contribution in [3.63, 3.8) is 0 Å². The molecule has 3 nitrogen and oxygen atoms in total. The van der Waals surface area contributed by atoms with Gasteiger partial charge in [0, 0.05) is 23.1 Å². The molecular formula is C16H13BrFNO2. The number of rotatable bonds is 3. The van der Waals surface area contributed by atoms with Gasteiger partial charge in [-0.2, -0.15) is 0 Å². The highest BCUT2D eigenvalue weighted by Gasteiger charge is 2.34. The average molecular weight is 350 g/mol. The van der Waals surface area contributed by atoms with Crippen LogP contribution in [0.4, 0.5) is 10.1 Å². The Balaban J connectivity index is 1.96. The fourth-order valence-corrected chi connectivity index (χ4v) is 3.18. The van der Waals surface area contributed by atoms with E-state index in [0.29, 0.717) is 17.4 Å². The SMILES string of the molecule is O=C(O)C1Cc2ccccc2N1Cc1ccc(F)cc1Br. The van der Waals surface area contributed by atoms with Gasteiger partial charge < -0.3 is 10.0 Å². The standard InChI is InChI=1S/C16H13BrFNO2/c17-13-8-12(18)6-5-11(13)9-19-14-4-2-1-3-10(14)7-15(19)16(20)21/h1-6,8,15H,7,9H2,(H,20,21). The Morgan fingerprint density at radius 2 is 2.10 bits per heavy atom. The largest absolute Gasteiger partial charge is 0.480 e. The molecule has 1 heterocycles. The van der Waals surface area contributed by atoms with Crippen molar-refractivity contribution in [1.29, 1.82) is 0 Å². The Bertz CT molecular complexity index is 704. The molecule has 21 heavy (non-hydrogen) atoms. The van der Waals surface area contributed by atoms with E-state index in [9.17, 15) is 14.3 Å². The third-order valence-electron chi connectivity index (χ3n) is 3.73. The van der Waals surface area contributed by atoms with E-state index in [1.54, 1.807) is 6.07 Å². The van der Waals surface area contributed by atoms with Gasteiger partial charge in [0.05, 0.1) is 0 Å². The van der Waals surface area contributed by atoms with Crippen molar-refractivity contribution < 1.29 is 14.3 Å². The summed E-state index contributed by atoms with van der Waals surface area (Å²) in [6.07, 6.45) is 0.490. The van der Waals surface area contributed by atoms with Gasteiger partial charge in [0.1, 0.15) is 11.9 Å². The lowest BCUT2D eigenvalue weighted by Gasteiger charge is -2.25. The zero-order valence-electron chi connectivity index (χ0n) is 11.1. The third-order valence-corrected chi connectivity index (χ3v) is 4.47. The van der Waals surface area contributed by atoms with Crippen molar-refractivity contribution in [2.45, 2.75) is 19.0 Å². The van der Waals surface area contributed by atoms with E-state index in [1.807, 2.05) is 29.2 Å². The van der Waals surface area contributed by atoms with Crippen LogP contribution in [0, 0.1) is 5.82 Å². The van der Waals surface area contributed by atoms with Crippen LogP contribution in [0.5, 0.6) is 0 Å². The number of carbonyl (C=O) groups is 1. The number of hydrogen-bond donors (Lipinski definition) is 1. The van der Waals surface area contributed by atoms with Crippen molar-refractivity contribution in [3.05, 3.63) is 63.9 Å². The molecule has 0 aliphatic carbocycles. The molecule has 108 valence electrons. The summed E-state index contributed by atoms with van der Waals surface area (Å²) in [6.45, 7) is 0.425. The predicted octanol–water partition coefficient (Wildman–Crippen LogP) is 3.60. The fraction of sp³-hybridized carbons (Fsp3) is 0.188. The van der Waals surface area contributed by atoms with Gasteiger partial charge in [-0.05, 0) is 29.3 Å². The minimum Gasteiger partial charge on any atom is -0.480 e. The molecule has 1 atom stereocenters. The highest BCUT2D eigenvalue weighted by Crippen LogP contribution is 2.34. The molecule has 0 amide bonds. The summed E-state index contributed by atoms with van der Waals surface area (Å²) < 4.78 is 13.8. The molecule has 0 bridgehead atoms. The van der Waals surface area contributed by atoms with Crippen molar-refractivity contribution in [3.8, 4) is 0 Å². The lowest BCUT2D eigenvalue weighted by atomic mass is 10.1. The van der Waals surface area contributed by atoms with Gasteiger partial charge in [-0.15, -0.1) is 0 Å². The molecule has 0 radical (unpaired) electrons. The molecule has 0 fully saturated rings. The topological polar surface area (TPSA) is 40.5 Å². The number of benzene rings is 2. The maximum atomic E-state index is 13.2. The van der Waals surface area contributed by atoms with Crippen LogP contribution in [0.2, 0.25) is 0 Å². The maximum absolute atomic E-state index is 13.2. The van der Waals surface area contributed by atoms with E-state index >= 15 is 0 Å². The smallest absolute Gasteiger partial charge is 0.326 e. The Morgan fingerprint density at radius 1 is 1.33 bits per heavy atom. The van der Waals surface area contributed by atoms with Crippen LogP contribution in [0.25, 0.3) is 0 Å². The quantitative estimate of drug-likeness (QED) is 0.920. The summed E-state index contributed by atoms with van der Waals surface area (Å²) in [4.78, 5) is 13.4. The van der Waals surface area contributed by atoms with Gasteiger partial charge in [-0.25, -0.2) is 9.18 Å². The first-order chi connectivity index (χ1) is 10.1. The minimum atomic E-state index is -0.843. The monoisotopic (exact) mass is 349 g/mol. The minimum absolute atomic E-state index is 0.317. The van der Waals surface area contributed by atoms with Crippen LogP contribution in [-0.4, -0.2) is 17.1 Å². The molecule has 0 saturated heterocycles. The summed E-state index contributed by atoms with van der Waals surface area (Å²) in [5, 5.41) is 9.43. The highest BCUT2D eigenvalue weighted by atomic mass is 79.9. The number of fused-ring (bicyclic) bond motifs is 1. The first-order valence-electron chi connectivity index (χ1n) is 6.57. The molecule has 2 aromatic rings. The van der Waals surface area contributed by atoms with Crippen molar-refractivity contribution in [2.75, 3.05) is 4.90 Å². The second-order valence-electron chi connectivity index (χ2n) is 5.05. The van der Waals surface area contributed by atoms with Gasteiger partial charge in [0.25, 0.3) is 0 Å². The van der Waals surface area contributed by atoms with Crippen molar-refractivity contribution in [1.82, 2.24) is 0 Å². The second kappa shape index (κ2) is 5.48. The Morgan fingerprint density at radius 3 is 2.81 bits per heavy atom. The second-order valence-corrected chi connectivity index (χ2v) is 5.90. The van der Waals surface area contributed by atoms with Gasteiger partial charge in [-0.3, -0.25) is 0 Å². The number of anilines is 1. The summed E-state index contributed by atoms with van der Waals surface area (Å²) in [5.74, 6) is -1.16. The van der Waals surface area contributed by atoms with Gasteiger partial charge in [0.15, 0.2) is 0 Å². The van der Waals surface area contributed by atoms with E-state index in [0.717, 1.165) is 16.8 Å². The molecule has 3 rings (SSSR count). The zero-order valence-corrected chi connectivity index (χ0v) is 12.7. The lowest BCUT2D eigenvalue weighted by molar-refractivity contribution is -0.138. The van der Waals surface area contributed by atoms with Crippen LogP contribution in [-0.2, 0) is 17.8 Å². The maximum Gasteiger partial charge on any atom is 0.326 e. The first-order valence-corrected chi connectivity index (χ1v) is 7.37. The average Bonchev–Trinajstić information content (AvgIpc) is 2.81. The fourth-order valence-electron chi connectivity index (χ4n) is 2.70. The summed E-state index contributed by atoms with van der Waals surface area (Å²) in [7, 11) is 0. The van der Waals surface area contributed by atoms with Gasteiger partial charge >= 0.3 is 5.97 Å². The Hall–Kier alpha value is -1.88. The van der Waals surface area contributed by atoms with Crippen LogP contribution in [0.15, 0.2) is 46.9 Å². The molecule has 0 saturated carbocycles. The van der Waals surface area contributed by atoms with Crippen LogP contribution in [0.1, 0.15) is 11.1 Å². The van der Waals surface area contributed by atoms with E-state index in [2.05, 4.69) is 15.9 Å². The van der Waals surface area contributed by atoms with Crippen LogP contribution in [0.3, 0.4) is 0 Å². The van der Waals surface area contributed by atoms with Gasteiger partial charge in [0.2, 0.25) is 0 Å². The number of halogens is 2. The normalized spacial score (nSPS) is 16.9. The molecule has 5 heteroatoms. The first kappa shape index (κ1) is 14.1. The number of aliphatic carboxylic acids is 1. The number of nitrogens with zero attached hydrogens (tertiary/aromatic N) is 1. The third kappa shape index (κ3) is 2.65. The van der Waals surface area contributed by atoms with E-state index in [1.165, 1.54) is 12.1 Å². The summed E-state index contributed by atoms with van der Waals surface area (Å²) in [6, 6.07) is 11.6. The van der Waals surface area contributed by atoms with Crippen molar-refractivity contribution >= 4 is 27.6 Å². The molecule has 2 aromatic carbocycles. The molecule has 1 N–H and O–H groups in total. The Labute approximate surface area is 130 Å². The van der Waals surface area contributed by atoms with Crippen LogP contribution >= 0.6 is 15.9 Å². The Kier molecular flexibility index (Phi) is 3.68. The molecule has 0 spiro atoms. The zero-order chi connectivity index (χ0) is 15.0. The molecular weight excluding hydrogens is 337 g/mol. The molecule has 1 aliphatic heterocycles. The molecule has 1 aliphatic rings. The molecule has 0 aromatic heterocycles. The number of hydrogen-bond acceptors (Lipinski definition) is 2.